The van der Waals surface area contributed by atoms with E-state index in [0.717, 1.165) is 5.76 Å². The van der Waals surface area contributed by atoms with E-state index in [0.29, 0.717) is 13.0 Å². The van der Waals surface area contributed by atoms with Crippen molar-refractivity contribution in [2.75, 3.05) is 6.54 Å². The Morgan fingerprint density at radius 3 is 2.88 bits per heavy atom. The minimum atomic E-state index is -1.07. The van der Waals surface area contributed by atoms with Gasteiger partial charge in [-0.05, 0) is 19.1 Å². The van der Waals surface area contributed by atoms with Crippen molar-refractivity contribution < 1.29 is 19.1 Å². The van der Waals surface area contributed by atoms with E-state index >= 15 is 0 Å². The molecule has 0 saturated heterocycles. The van der Waals surface area contributed by atoms with E-state index in [-0.39, 0.29) is 0 Å². The van der Waals surface area contributed by atoms with Gasteiger partial charge in [0.15, 0.2) is 0 Å². The van der Waals surface area contributed by atoms with Crippen molar-refractivity contribution in [3.63, 3.8) is 0 Å². The van der Waals surface area contributed by atoms with Crippen molar-refractivity contribution in [1.82, 2.24) is 10.6 Å². The number of hydrogen-bond donors (Lipinski definition) is 3. The predicted molar refractivity (Wildman–Crippen MR) is 56.0 cm³/mol. The van der Waals surface area contributed by atoms with Gasteiger partial charge in [-0.25, -0.2) is 4.79 Å². The first kappa shape index (κ1) is 12.1. The smallest absolute Gasteiger partial charge is 0.325 e. The number of carboxylic acid groups (broad SMARTS) is 1. The fourth-order valence-corrected chi connectivity index (χ4v) is 1.06. The van der Waals surface area contributed by atoms with E-state index in [1.165, 1.54) is 6.92 Å². The van der Waals surface area contributed by atoms with Crippen molar-refractivity contribution in [2.24, 2.45) is 0 Å². The quantitative estimate of drug-likeness (QED) is 0.685. The Kier molecular flexibility index (Phi) is 4.38. The Morgan fingerprint density at radius 1 is 1.56 bits per heavy atom. The Labute approximate surface area is 92.6 Å². The average molecular weight is 226 g/mol. The van der Waals surface area contributed by atoms with Gasteiger partial charge in [0.1, 0.15) is 11.8 Å². The van der Waals surface area contributed by atoms with Gasteiger partial charge in [0.05, 0.1) is 6.26 Å². The molecule has 0 bridgehead atoms. The summed E-state index contributed by atoms with van der Waals surface area (Å²) in [4.78, 5) is 21.6. The Balaban J connectivity index is 2.18. The molecule has 1 unspecified atom stereocenters. The summed E-state index contributed by atoms with van der Waals surface area (Å²) in [6.07, 6.45) is 2.13. The van der Waals surface area contributed by atoms with Gasteiger partial charge >= 0.3 is 12.0 Å². The zero-order valence-corrected chi connectivity index (χ0v) is 8.90. The number of carbonyl (C=O) groups excluding carboxylic acids is 1. The van der Waals surface area contributed by atoms with Crippen LogP contribution in [0.2, 0.25) is 0 Å². The van der Waals surface area contributed by atoms with E-state index in [1.54, 1.807) is 18.4 Å². The molecule has 16 heavy (non-hydrogen) atoms. The largest absolute Gasteiger partial charge is 0.480 e. The molecule has 88 valence electrons. The molecule has 0 spiro atoms. The molecule has 0 aromatic carbocycles. The maximum Gasteiger partial charge on any atom is 0.325 e. The van der Waals surface area contributed by atoms with Crippen molar-refractivity contribution in [1.29, 1.82) is 0 Å². The van der Waals surface area contributed by atoms with Gasteiger partial charge in [0.25, 0.3) is 0 Å². The third-order valence-electron chi connectivity index (χ3n) is 1.96. The second-order valence-corrected chi connectivity index (χ2v) is 3.29. The van der Waals surface area contributed by atoms with Crippen LogP contribution in [0.5, 0.6) is 0 Å². The lowest BCUT2D eigenvalue weighted by Crippen LogP contribution is -2.44. The molecule has 1 rings (SSSR count). The lowest BCUT2D eigenvalue weighted by Gasteiger charge is -2.09. The number of furan rings is 1. The molecule has 3 N–H and O–H groups in total. The summed E-state index contributed by atoms with van der Waals surface area (Å²) in [6.45, 7) is 1.79. The molecule has 0 aliphatic rings. The number of carboxylic acids is 1. The summed E-state index contributed by atoms with van der Waals surface area (Å²) < 4.78 is 5.07. The second-order valence-electron chi connectivity index (χ2n) is 3.29. The van der Waals surface area contributed by atoms with E-state index in [1.807, 2.05) is 0 Å². The Morgan fingerprint density at radius 2 is 2.31 bits per heavy atom. The van der Waals surface area contributed by atoms with E-state index in [2.05, 4.69) is 10.6 Å². The first-order valence-corrected chi connectivity index (χ1v) is 4.89. The normalized spacial score (nSPS) is 11.8. The first-order valence-electron chi connectivity index (χ1n) is 4.89. The summed E-state index contributed by atoms with van der Waals surface area (Å²) in [5.41, 5.74) is 0. The van der Waals surface area contributed by atoms with Gasteiger partial charge in [-0.1, -0.05) is 0 Å². The molecule has 1 aromatic heterocycles. The summed E-state index contributed by atoms with van der Waals surface area (Å²) in [5.74, 6) is -0.298. The highest BCUT2D eigenvalue weighted by molar-refractivity contribution is 5.82. The van der Waals surface area contributed by atoms with E-state index in [4.69, 9.17) is 9.52 Å². The minimum Gasteiger partial charge on any atom is -0.480 e. The molecule has 1 atom stereocenters. The molecule has 0 fully saturated rings. The van der Waals surface area contributed by atoms with Crippen LogP contribution in [0.4, 0.5) is 4.79 Å². The lowest BCUT2D eigenvalue weighted by molar-refractivity contribution is -0.138. The monoisotopic (exact) mass is 226 g/mol. The summed E-state index contributed by atoms with van der Waals surface area (Å²) >= 11 is 0. The van der Waals surface area contributed by atoms with Crippen molar-refractivity contribution in [3.05, 3.63) is 24.2 Å². The zero-order chi connectivity index (χ0) is 12.0. The molecule has 0 aliphatic carbocycles. The minimum absolute atomic E-state index is 0.395. The van der Waals surface area contributed by atoms with Gasteiger partial charge in [-0.3, -0.25) is 4.79 Å². The summed E-state index contributed by atoms with van der Waals surface area (Å²) in [7, 11) is 0. The number of rotatable bonds is 5. The third kappa shape index (κ3) is 4.04. The van der Waals surface area contributed by atoms with Crippen LogP contribution in [-0.4, -0.2) is 29.7 Å². The van der Waals surface area contributed by atoms with Crippen LogP contribution in [-0.2, 0) is 11.2 Å². The number of hydrogen-bond acceptors (Lipinski definition) is 3. The zero-order valence-electron chi connectivity index (χ0n) is 8.90. The molecule has 6 nitrogen and oxygen atoms in total. The Hall–Kier alpha value is -1.98. The van der Waals surface area contributed by atoms with Gasteiger partial charge in [0, 0.05) is 13.0 Å². The van der Waals surface area contributed by atoms with E-state index < -0.39 is 18.0 Å². The molecule has 6 heteroatoms. The first-order chi connectivity index (χ1) is 7.59. The van der Waals surface area contributed by atoms with Crippen LogP contribution in [0.1, 0.15) is 12.7 Å². The number of aliphatic carboxylic acids is 1. The second kappa shape index (κ2) is 5.79. The van der Waals surface area contributed by atoms with Crippen molar-refractivity contribution in [2.45, 2.75) is 19.4 Å². The van der Waals surface area contributed by atoms with Crippen LogP contribution in [0.3, 0.4) is 0 Å². The lowest BCUT2D eigenvalue weighted by atomic mass is 10.3. The maximum atomic E-state index is 11.2. The highest BCUT2D eigenvalue weighted by atomic mass is 16.4. The Bertz CT molecular complexity index is 348. The molecular formula is C10H14N2O4. The molecule has 2 amide bonds. The average Bonchev–Trinajstić information content (AvgIpc) is 2.70. The van der Waals surface area contributed by atoms with Gasteiger partial charge in [0.2, 0.25) is 0 Å². The fraction of sp³-hybridized carbons (Fsp3) is 0.400. The number of nitrogens with one attached hydrogen (secondary N) is 2. The highest BCUT2D eigenvalue weighted by Crippen LogP contribution is 1.99. The van der Waals surface area contributed by atoms with Gasteiger partial charge < -0.3 is 20.2 Å². The van der Waals surface area contributed by atoms with Crippen LogP contribution in [0.25, 0.3) is 0 Å². The predicted octanol–water partition coefficient (Wildman–Crippen LogP) is 0.594. The standard InChI is InChI=1S/C10H14N2O4/c1-7(9(13)14)12-10(15)11-5-4-8-3-2-6-16-8/h2-3,6-7H,4-5H2,1H3,(H,13,14)(H2,11,12,15). The maximum absolute atomic E-state index is 11.2. The van der Waals surface area contributed by atoms with E-state index in [9.17, 15) is 9.59 Å². The van der Waals surface area contributed by atoms with Crippen LogP contribution in [0.15, 0.2) is 22.8 Å². The third-order valence-corrected chi connectivity index (χ3v) is 1.96. The topological polar surface area (TPSA) is 91.6 Å². The van der Waals surface area contributed by atoms with Crippen LogP contribution in [0, 0.1) is 0 Å². The molecule has 0 radical (unpaired) electrons. The van der Waals surface area contributed by atoms with Crippen LogP contribution < -0.4 is 10.6 Å². The molecule has 1 heterocycles. The van der Waals surface area contributed by atoms with Crippen molar-refractivity contribution in [3.8, 4) is 0 Å². The number of carbonyl (C=O) groups is 2. The van der Waals surface area contributed by atoms with Gasteiger partial charge in [-0.15, -0.1) is 0 Å². The highest BCUT2D eigenvalue weighted by Gasteiger charge is 2.12. The molecular weight excluding hydrogens is 212 g/mol. The summed E-state index contributed by atoms with van der Waals surface area (Å²) in [5, 5.41) is 13.4. The fourth-order valence-electron chi connectivity index (χ4n) is 1.06. The molecule has 0 aliphatic heterocycles. The molecule has 0 saturated carbocycles. The van der Waals surface area contributed by atoms with Crippen molar-refractivity contribution >= 4 is 12.0 Å². The number of urea groups is 1. The summed E-state index contributed by atoms with van der Waals surface area (Å²) in [6, 6.07) is 2.17. The van der Waals surface area contributed by atoms with Crippen LogP contribution >= 0.6 is 0 Å². The molecule has 1 aromatic rings. The van der Waals surface area contributed by atoms with Gasteiger partial charge in [-0.2, -0.15) is 0 Å². The number of amides is 2. The SMILES string of the molecule is CC(NC(=O)NCCc1ccco1)C(=O)O.